The zero-order chi connectivity index (χ0) is 13.3. The number of hydrogen-bond donors (Lipinski definition) is 0. The summed E-state index contributed by atoms with van der Waals surface area (Å²) in [6.45, 7) is 2.44. The van der Waals surface area contributed by atoms with E-state index in [1.165, 1.54) is 4.31 Å². The van der Waals surface area contributed by atoms with E-state index in [1.54, 1.807) is 19.2 Å². The van der Waals surface area contributed by atoms with Crippen molar-refractivity contribution < 1.29 is 8.42 Å². The Morgan fingerprint density at radius 2 is 1.94 bits per heavy atom. The lowest BCUT2D eigenvalue weighted by Crippen LogP contribution is -2.37. The van der Waals surface area contributed by atoms with Crippen LogP contribution in [0.4, 0.5) is 0 Å². The molecule has 1 fully saturated rings. The van der Waals surface area contributed by atoms with Gasteiger partial charge in [-0.05, 0) is 37.3 Å². The minimum atomic E-state index is -3.34. The average Bonchev–Trinajstić information content (AvgIpc) is 2.27. The molecule has 18 heavy (non-hydrogen) atoms. The molecule has 100 valence electrons. The van der Waals surface area contributed by atoms with E-state index < -0.39 is 10.0 Å². The fraction of sp³-hybridized carbons (Fsp3) is 0.538. The van der Waals surface area contributed by atoms with E-state index in [0.717, 1.165) is 18.4 Å². The minimum Gasteiger partial charge on any atom is -0.207 e. The summed E-state index contributed by atoms with van der Waals surface area (Å²) in [7, 11) is -1.67. The van der Waals surface area contributed by atoms with Gasteiger partial charge in [0.25, 0.3) is 0 Å². The third-order valence-electron chi connectivity index (χ3n) is 3.48. The summed E-state index contributed by atoms with van der Waals surface area (Å²) in [6.07, 6.45) is 2.13. The number of sulfonamides is 1. The van der Waals surface area contributed by atoms with E-state index in [-0.39, 0.29) is 0 Å². The van der Waals surface area contributed by atoms with Crippen molar-refractivity contribution in [2.75, 3.05) is 13.6 Å². The molecule has 0 spiro atoms. The van der Waals surface area contributed by atoms with E-state index in [1.807, 2.05) is 19.1 Å². The maximum absolute atomic E-state index is 12.4. The lowest BCUT2D eigenvalue weighted by molar-refractivity contribution is 0.275. The van der Waals surface area contributed by atoms with Crippen LogP contribution in [0.5, 0.6) is 0 Å². The molecule has 1 aromatic rings. The number of hydrogen-bond acceptors (Lipinski definition) is 2. The molecule has 0 N–H and O–H groups in total. The Labute approximate surface area is 117 Å². The highest BCUT2D eigenvalue weighted by Gasteiger charge is 2.31. The molecule has 0 radical (unpaired) electrons. The molecule has 1 aliphatic rings. The van der Waals surface area contributed by atoms with Crippen LogP contribution in [0, 0.1) is 12.8 Å². The molecule has 0 heterocycles. The highest BCUT2D eigenvalue weighted by atomic mass is 79.9. The number of rotatable bonds is 4. The first kappa shape index (κ1) is 14.0. The SMILES string of the molecule is Cc1ccccc1S(=O)(=O)N(C)CC1CC(Br)C1. The van der Waals surface area contributed by atoms with Crippen LogP contribution in [0.2, 0.25) is 0 Å². The Hall–Kier alpha value is -0.390. The zero-order valence-corrected chi connectivity index (χ0v) is 13.0. The average molecular weight is 332 g/mol. The molecule has 2 rings (SSSR count). The Kier molecular flexibility index (Phi) is 4.14. The Morgan fingerprint density at radius 1 is 1.33 bits per heavy atom. The van der Waals surface area contributed by atoms with Gasteiger partial charge in [-0.15, -0.1) is 0 Å². The molecular formula is C13H18BrNO2S. The predicted octanol–water partition coefficient (Wildman–Crippen LogP) is 2.79. The van der Waals surface area contributed by atoms with Gasteiger partial charge in [0.05, 0.1) is 4.90 Å². The molecule has 3 nitrogen and oxygen atoms in total. The highest BCUT2D eigenvalue weighted by Crippen LogP contribution is 2.34. The monoisotopic (exact) mass is 331 g/mol. The van der Waals surface area contributed by atoms with Crippen molar-refractivity contribution in [3.8, 4) is 0 Å². The fourth-order valence-corrected chi connectivity index (χ4v) is 4.80. The molecule has 1 saturated carbocycles. The van der Waals surface area contributed by atoms with Gasteiger partial charge >= 0.3 is 0 Å². The molecule has 1 aliphatic carbocycles. The van der Waals surface area contributed by atoms with Crippen LogP contribution >= 0.6 is 15.9 Å². The second-order valence-electron chi connectivity index (χ2n) is 4.99. The lowest BCUT2D eigenvalue weighted by Gasteiger charge is -2.34. The topological polar surface area (TPSA) is 37.4 Å². The third-order valence-corrected chi connectivity index (χ3v) is 6.21. The van der Waals surface area contributed by atoms with Crippen molar-refractivity contribution in [2.45, 2.75) is 29.5 Å². The van der Waals surface area contributed by atoms with Crippen molar-refractivity contribution in [3.05, 3.63) is 29.8 Å². The van der Waals surface area contributed by atoms with Gasteiger partial charge < -0.3 is 0 Å². The summed E-state index contributed by atoms with van der Waals surface area (Å²) in [6, 6.07) is 7.13. The van der Waals surface area contributed by atoms with Crippen molar-refractivity contribution in [1.29, 1.82) is 0 Å². The molecule has 0 bridgehead atoms. The number of nitrogens with zero attached hydrogens (tertiary/aromatic N) is 1. The number of alkyl halides is 1. The maximum Gasteiger partial charge on any atom is 0.243 e. The van der Waals surface area contributed by atoms with Crippen LogP contribution in [0.3, 0.4) is 0 Å². The minimum absolute atomic E-state index is 0.419. The first-order valence-corrected chi connectivity index (χ1v) is 8.43. The lowest BCUT2D eigenvalue weighted by atomic mass is 9.85. The third kappa shape index (κ3) is 2.78. The van der Waals surface area contributed by atoms with Crippen LogP contribution in [0.15, 0.2) is 29.2 Å². The summed E-state index contributed by atoms with van der Waals surface area (Å²) in [5.41, 5.74) is 0.802. The number of aryl methyl sites for hydroxylation is 1. The van der Waals surface area contributed by atoms with Crippen molar-refractivity contribution in [1.82, 2.24) is 4.31 Å². The van der Waals surface area contributed by atoms with E-state index in [2.05, 4.69) is 15.9 Å². The summed E-state index contributed by atoms with van der Waals surface area (Å²) in [5, 5.41) is 0. The van der Waals surface area contributed by atoms with Crippen LogP contribution in [0.1, 0.15) is 18.4 Å². The molecule has 0 atom stereocenters. The van der Waals surface area contributed by atoms with Gasteiger partial charge in [0, 0.05) is 18.4 Å². The van der Waals surface area contributed by atoms with Gasteiger partial charge in [0.2, 0.25) is 10.0 Å². The molecule has 1 aromatic carbocycles. The van der Waals surface area contributed by atoms with E-state index in [9.17, 15) is 8.42 Å². The van der Waals surface area contributed by atoms with Crippen molar-refractivity contribution in [2.24, 2.45) is 5.92 Å². The number of benzene rings is 1. The van der Waals surface area contributed by atoms with E-state index >= 15 is 0 Å². The van der Waals surface area contributed by atoms with E-state index in [4.69, 9.17) is 0 Å². The Bertz CT molecular complexity index is 524. The second-order valence-corrected chi connectivity index (χ2v) is 8.29. The molecule has 0 aromatic heterocycles. The molecule has 0 aliphatic heterocycles. The van der Waals surface area contributed by atoms with E-state index in [0.29, 0.717) is 22.2 Å². The molecule has 0 amide bonds. The predicted molar refractivity (Wildman–Crippen MR) is 76.4 cm³/mol. The normalized spacial score (nSPS) is 24.0. The number of halogens is 1. The van der Waals surface area contributed by atoms with Crippen LogP contribution in [0.25, 0.3) is 0 Å². The first-order valence-electron chi connectivity index (χ1n) is 6.07. The zero-order valence-electron chi connectivity index (χ0n) is 10.6. The van der Waals surface area contributed by atoms with Crippen LogP contribution in [-0.2, 0) is 10.0 Å². The van der Waals surface area contributed by atoms with Crippen LogP contribution in [-0.4, -0.2) is 31.1 Å². The standard InChI is InChI=1S/C13H18BrNO2S/c1-10-5-3-4-6-13(10)18(16,17)15(2)9-11-7-12(14)8-11/h3-6,11-12H,7-9H2,1-2H3. The van der Waals surface area contributed by atoms with Gasteiger partial charge in [-0.2, -0.15) is 0 Å². The Morgan fingerprint density at radius 3 is 2.50 bits per heavy atom. The first-order chi connectivity index (χ1) is 8.41. The maximum atomic E-state index is 12.4. The molecule has 0 saturated heterocycles. The van der Waals surface area contributed by atoms with Crippen molar-refractivity contribution >= 4 is 26.0 Å². The summed E-state index contributed by atoms with van der Waals surface area (Å²) in [4.78, 5) is 0.985. The molecular weight excluding hydrogens is 314 g/mol. The van der Waals surface area contributed by atoms with Crippen LogP contribution < -0.4 is 0 Å². The highest BCUT2D eigenvalue weighted by molar-refractivity contribution is 9.09. The Balaban J connectivity index is 2.13. The fourth-order valence-electron chi connectivity index (χ4n) is 2.28. The quantitative estimate of drug-likeness (QED) is 0.795. The molecule has 0 unspecified atom stereocenters. The van der Waals surface area contributed by atoms with Gasteiger partial charge in [0.15, 0.2) is 0 Å². The summed E-state index contributed by atoms with van der Waals surface area (Å²) >= 11 is 3.53. The smallest absolute Gasteiger partial charge is 0.207 e. The molecule has 5 heteroatoms. The summed E-state index contributed by atoms with van der Waals surface area (Å²) < 4.78 is 26.3. The van der Waals surface area contributed by atoms with Crippen molar-refractivity contribution in [3.63, 3.8) is 0 Å². The second kappa shape index (κ2) is 5.31. The van der Waals surface area contributed by atoms with Gasteiger partial charge in [-0.1, -0.05) is 34.1 Å². The van der Waals surface area contributed by atoms with Gasteiger partial charge in [0.1, 0.15) is 0 Å². The van der Waals surface area contributed by atoms with Gasteiger partial charge in [-0.25, -0.2) is 12.7 Å². The summed E-state index contributed by atoms with van der Waals surface area (Å²) in [5.74, 6) is 0.484. The largest absolute Gasteiger partial charge is 0.243 e. The van der Waals surface area contributed by atoms with Gasteiger partial charge in [-0.3, -0.25) is 0 Å².